The molecular weight excluding hydrogens is 432 g/mol. The molecule has 0 spiro atoms. The van der Waals surface area contributed by atoms with Gasteiger partial charge in [-0.25, -0.2) is 4.98 Å². The van der Waals surface area contributed by atoms with Gasteiger partial charge in [-0.2, -0.15) is 0 Å². The van der Waals surface area contributed by atoms with Crippen molar-refractivity contribution < 1.29 is 23.4 Å². The van der Waals surface area contributed by atoms with Gasteiger partial charge in [0.1, 0.15) is 5.52 Å². The molecule has 0 saturated carbocycles. The molecule has 0 atom stereocenters. The Kier molecular flexibility index (Phi) is 5.92. The molecule has 164 valence electrons. The summed E-state index contributed by atoms with van der Waals surface area (Å²) in [6.07, 6.45) is 0. The second-order valence-electron chi connectivity index (χ2n) is 7.05. The van der Waals surface area contributed by atoms with E-state index in [9.17, 15) is 4.79 Å². The van der Waals surface area contributed by atoms with Crippen LogP contribution in [0.4, 0.5) is 5.69 Å². The van der Waals surface area contributed by atoms with Gasteiger partial charge in [-0.1, -0.05) is 17.7 Å². The van der Waals surface area contributed by atoms with Crippen molar-refractivity contribution in [1.29, 1.82) is 0 Å². The van der Waals surface area contributed by atoms with E-state index in [-0.39, 0.29) is 0 Å². The number of oxazole rings is 1. The minimum absolute atomic E-state index is 0.318. The van der Waals surface area contributed by atoms with Gasteiger partial charge in [-0.05, 0) is 55.0 Å². The van der Waals surface area contributed by atoms with Crippen LogP contribution in [-0.4, -0.2) is 32.2 Å². The van der Waals surface area contributed by atoms with Crippen molar-refractivity contribution in [3.8, 4) is 28.7 Å². The van der Waals surface area contributed by atoms with E-state index in [1.54, 1.807) is 30.3 Å². The maximum Gasteiger partial charge on any atom is 0.255 e. The molecule has 0 aliphatic rings. The van der Waals surface area contributed by atoms with Crippen LogP contribution >= 0.6 is 11.6 Å². The number of nitrogens with one attached hydrogen (secondary N) is 1. The van der Waals surface area contributed by atoms with Crippen LogP contribution in [0.1, 0.15) is 15.9 Å². The first-order valence-corrected chi connectivity index (χ1v) is 10.1. The van der Waals surface area contributed by atoms with Gasteiger partial charge in [0.2, 0.25) is 11.6 Å². The summed E-state index contributed by atoms with van der Waals surface area (Å²) in [6.45, 7) is 1.99. The normalized spacial score (nSPS) is 10.8. The highest BCUT2D eigenvalue weighted by Gasteiger charge is 2.18. The summed E-state index contributed by atoms with van der Waals surface area (Å²) < 4.78 is 21.8. The monoisotopic (exact) mass is 452 g/mol. The number of halogens is 1. The third kappa shape index (κ3) is 4.07. The Bertz CT molecular complexity index is 1290. The maximum absolute atomic E-state index is 13.0. The SMILES string of the molecule is COc1cc(C(=O)Nc2cc(-c3nc4cc(C)ccc4o3)ccc2Cl)cc(OC)c1OC. The van der Waals surface area contributed by atoms with Crippen LogP contribution in [0.5, 0.6) is 17.2 Å². The number of rotatable bonds is 6. The van der Waals surface area contributed by atoms with E-state index in [4.69, 9.17) is 30.2 Å². The van der Waals surface area contributed by atoms with E-state index >= 15 is 0 Å². The molecule has 8 heteroatoms. The standard InChI is InChI=1S/C24H21ClN2O5/c1-13-5-8-19-18(9-13)27-24(32-19)14-6-7-16(25)17(10-14)26-23(28)15-11-20(29-2)22(31-4)21(12-15)30-3/h5-12H,1-4H3,(H,26,28). The van der Waals surface area contributed by atoms with Gasteiger partial charge in [0.15, 0.2) is 17.1 Å². The molecule has 0 aliphatic heterocycles. The second-order valence-corrected chi connectivity index (χ2v) is 7.46. The first-order valence-electron chi connectivity index (χ1n) is 9.72. The lowest BCUT2D eigenvalue weighted by atomic mass is 10.1. The molecule has 0 bridgehead atoms. The van der Waals surface area contributed by atoms with Crippen LogP contribution in [0, 0.1) is 6.92 Å². The number of hydrogen-bond acceptors (Lipinski definition) is 6. The van der Waals surface area contributed by atoms with Crippen LogP contribution in [0.3, 0.4) is 0 Å². The van der Waals surface area contributed by atoms with Gasteiger partial charge in [0.05, 0.1) is 32.0 Å². The number of carbonyl (C=O) groups excluding carboxylic acids is 1. The van der Waals surface area contributed by atoms with E-state index in [0.717, 1.165) is 11.1 Å². The predicted octanol–water partition coefficient (Wildman–Crippen LogP) is 5.73. The minimum Gasteiger partial charge on any atom is -0.493 e. The zero-order chi connectivity index (χ0) is 22.8. The molecule has 1 amide bonds. The fourth-order valence-corrected chi connectivity index (χ4v) is 3.49. The van der Waals surface area contributed by atoms with Crippen LogP contribution in [0.25, 0.3) is 22.6 Å². The Morgan fingerprint density at radius 2 is 1.69 bits per heavy atom. The van der Waals surface area contributed by atoms with Gasteiger partial charge in [-0.3, -0.25) is 4.79 Å². The Morgan fingerprint density at radius 3 is 2.34 bits per heavy atom. The minimum atomic E-state index is -0.392. The number of anilines is 1. The predicted molar refractivity (Wildman–Crippen MR) is 123 cm³/mol. The summed E-state index contributed by atoms with van der Waals surface area (Å²) in [5.41, 5.74) is 3.95. The third-order valence-electron chi connectivity index (χ3n) is 4.93. The van der Waals surface area contributed by atoms with E-state index in [1.807, 2.05) is 25.1 Å². The number of aryl methyl sites for hydroxylation is 1. The molecular formula is C24H21ClN2O5. The highest BCUT2D eigenvalue weighted by molar-refractivity contribution is 6.34. The van der Waals surface area contributed by atoms with E-state index in [2.05, 4.69) is 10.3 Å². The first-order chi connectivity index (χ1) is 15.4. The molecule has 3 aromatic carbocycles. The summed E-state index contributed by atoms with van der Waals surface area (Å²) in [5, 5.41) is 3.20. The molecule has 0 saturated heterocycles. The zero-order valence-corrected chi connectivity index (χ0v) is 18.7. The van der Waals surface area contributed by atoms with Gasteiger partial charge in [-0.15, -0.1) is 0 Å². The van der Waals surface area contributed by atoms with Crippen LogP contribution < -0.4 is 19.5 Å². The summed E-state index contributed by atoms with van der Waals surface area (Å²) >= 11 is 6.34. The molecule has 32 heavy (non-hydrogen) atoms. The average molecular weight is 453 g/mol. The summed E-state index contributed by atoms with van der Waals surface area (Å²) in [4.78, 5) is 17.5. The number of ether oxygens (including phenoxy) is 3. The van der Waals surface area contributed by atoms with Crippen LogP contribution in [0.2, 0.25) is 5.02 Å². The molecule has 0 fully saturated rings. The number of hydrogen-bond donors (Lipinski definition) is 1. The van der Waals surface area contributed by atoms with E-state index in [0.29, 0.717) is 50.6 Å². The van der Waals surface area contributed by atoms with Crippen molar-refractivity contribution >= 4 is 34.3 Å². The van der Waals surface area contributed by atoms with Crippen molar-refractivity contribution in [2.24, 2.45) is 0 Å². The quantitative estimate of drug-likeness (QED) is 0.402. The average Bonchev–Trinajstić information content (AvgIpc) is 3.22. The van der Waals surface area contributed by atoms with Crippen molar-refractivity contribution in [3.05, 3.63) is 64.7 Å². The molecule has 0 radical (unpaired) electrons. The van der Waals surface area contributed by atoms with Crippen molar-refractivity contribution in [1.82, 2.24) is 4.98 Å². The lowest BCUT2D eigenvalue weighted by Gasteiger charge is -2.14. The molecule has 7 nitrogen and oxygen atoms in total. The molecule has 1 N–H and O–H groups in total. The maximum atomic E-state index is 13.0. The number of fused-ring (bicyclic) bond motifs is 1. The lowest BCUT2D eigenvalue weighted by molar-refractivity contribution is 0.102. The first kappa shape index (κ1) is 21.5. The number of carbonyl (C=O) groups is 1. The smallest absolute Gasteiger partial charge is 0.255 e. The summed E-state index contributed by atoms with van der Waals surface area (Å²) in [6, 6.07) is 14.1. The molecule has 0 unspecified atom stereocenters. The second kappa shape index (κ2) is 8.80. The van der Waals surface area contributed by atoms with Gasteiger partial charge >= 0.3 is 0 Å². The van der Waals surface area contributed by atoms with Gasteiger partial charge < -0.3 is 23.9 Å². The lowest BCUT2D eigenvalue weighted by Crippen LogP contribution is -2.13. The van der Waals surface area contributed by atoms with Crippen molar-refractivity contribution in [2.45, 2.75) is 6.92 Å². The summed E-state index contributed by atoms with van der Waals surface area (Å²) in [7, 11) is 4.47. The molecule has 4 rings (SSSR count). The number of amides is 1. The highest BCUT2D eigenvalue weighted by Crippen LogP contribution is 2.38. The van der Waals surface area contributed by atoms with Crippen molar-refractivity contribution in [3.63, 3.8) is 0 Å². The van der Waals surface area contributed by atoms with E-state index < -0.39 is 5.91 Å². The number of aromatic nitrogens is 1. The van der Waals surface area contributed by atoms with Crippen LogP contribution in [-0.2, 0) is 0 Å². The fraction of sp³-hybridized carbons (Fsp3) is 0.167. The molecule has 1 aromatic heterocycles. The Hall–Kier alpha value is -3.71. The van der Waals surface area contributed by atoms with Gasteiger partial charge in [0, 0.05) is 11.1 Å². The molecule has 0 aliphatic carbocycles. The topological polar surface area (TPSA) is 82.8 Å². The number of methoxy groups -OCH3 is 3. The molecule has 4 aromatic rings. The van der Waals surface area contributed by atoms with E-state index in [1.165, 1.54) is 21.3 Å². The number of benzene rings is 3. The van der Waals surface area contributed by atoms with Crippen LogP contribution in [0.15, 0.2) is 52.9 Å². The third-order valence-corrected chi connectivity index (χ3v) is 5.26. The Morgan fingerprint density at radius 1 is 0.969 bits per heavy atom. The Labute approximate surface area is 189 Å². The highest BCUT2D eigenvalue weighted by atomic mass is 35.5. The van der Waals surface area contributed by atoms with Gasteiger partial charge in [0.25, 0.3) is 5.91 Å². The van der Waals surface area contributed by atoms with Crippen molar-refractivity contribution in [2.75, 3.05) is 26.6 Å². The number of nitrogens with zero attached hydrogens (tertiary/aromatic N) is 1. The Balaban J connectivity index is 1.66. The fourth-order valence-electron chi connectivity index (χ4n) is 3.32. The summed E-state index contributed by atoms with van der Waals surface area (Å²) in [5.74, 6) is 1.19. The zero-order valence-electron chi connectivity index (χ0n) is 18.0. The molecule has 1 heterocycles. The largest absolute Gasteiger partial charge is 0.493 e.